The molecule has 5 heteroatoms. The quantitative estimate of drug-likeness (QED) is 0.943. The molecule has 0 spiro atoms. The van der Waals surface area contributed by atoms with Crippen molar-refractivity contribution in [1.29, 1.82) is 0 Å². The van der Waals surface area contributed by atoms with Crippen LogP contribution >= 0.6 is 11.8 Å². The average Bonchev–Trinajstić information content (AvgIpc) is 2.40. The number of sulfone groups is 1. The second kappa shape index (κ2) is 5.99. The third-order valence-corrected chi connectivity index (χ3v) is 5.27. The molecule has 0 aromatic heterocycles. The Morgan fingerprint density at radius 1 is 1.10 bits per heavy atom. The predicted octanol–water partition coefficient (Wildman–Crippen LogP) is 3.01. The van der Waals surface area contributed by atoms with Gasteiger partial charge in [-0.2, -0.15) is 0 Å². The molecule has 0 unspecified atom stereocenters. The summed E-state index contributed by atoms with van der Waals surface area (Å²) in [7, 11) is -3.13. The summed E-state index contributed by atoms with van der Waals surface area (Å²) in [6.45, 7) is 2.58. The fourth-order valence-corrected chi connectivity index (χ4v) is 3.35. The second-order valence-corrected chi connectivity index (χ2v) is 7.78. The van der Waals surface area contributed by atoms with E-state index in [2.05, 4.69) is 6.07 Å². The summed E-state index contributed by atoms with van der Waals surface area (Å²) >= 11 is 1.62. The number of nitrogens with two attached hydrogens (primary N) is 1. The minimum absolute atomic E-state index is 0.344. The van der Waals surface area contributed by atoms with Gasteiger partial charge in [-0.15, -0.1) is 0 Å². The molecule has 0 radical (unpaired) electrons. The highest BCUT2D eigenvalue weighted by molar-refractivity contribution is 7.99. The van der Waals surface area contributed by atoms with Crippen LogP contribution in [-0.2, 0) is 16.4 Å². The van der Waals surface area contributed by atoms with Crippen molar-refractivity contribution < 1.29 is 8.42 Å². The van der Waals surface area contributed by atoms with E-state index in [-0.39, 0.29) is 0 Å². The van der Waals surface area contributed by atoms with Gasteiger partial charge in [0.1, 0.15) is 0 Å². The van der Waals surface area contributed by atoms with Crippen molar-refractivity contribution in [3.05, 3.63) is 53.6 Å². The van der Waals surface area contributed by atoms with Gasteiger partial charge in [0.2, 0.25) is 0 Å². The maximum atomic E-state index is 11.4. The summed E-state index contributed by atoms with van der Waals surface area (Å²) in [6.07, 6.45) is 1.21. The Balaban J connectivity index is 2.22. The lowest BCUT2D eigenvalue weighted by atomic mass is 10.1. The fraction of sp³-hybridized carbons (Fsp3) is 0.200. The van der Waals surface area contributed by atoms with Crippen LogP contribution in [0.3, 0.4) is 0 Å². The third kappa shape index (κ3) is 3.62. The van der Waals surface area contributed by atoms with Crippen molar-refractivity contribution in [3.63, 3.8) is 0 Å². The highest BCUT2D eigenvalue weighted by atomic mass is 32.2. The molecule has 2 aromatic carbocycles. The first-order valence-corrected chi connectivity index (χ1v) is 8.88. The predicted molar refractivity (Wildman–Crippen MR) is 82.7 cm³/mol. The summed E-state index contributed by atoms with van der Waals surface area (Å²) < 4.78 is 22.8. The van der Waals surface area contributed by atoms with Crippen LogP contribution in [0.1, 0.15) is 11.1 Å². The van der Waals surface area contributed by atoms with E-state index < -0.39 is 9.84 Å². The standard InChI is InChI=1S/C15H17NO2S2/c1-11-9-12(10-16)3-8-15(11)19-13-4-6-14(7-5-13)20(2,17)18/h3-9H,10,16H2,1-2H3. The van der Waals surface area contributed by atoms with Crippen molar-refractivity contribution >= 4 is 21.6 Å². The molecule has 0 bridgehead atoms. The highest BCUT2D eigenvalue weighted by Crippen LogP contribution is 2.31. The topological polar surface area (TPSA) is 60.2 Å². The van der Waals surface area contributed by atoms with Crippen molar-refractivity contribution in [1.82, 2.24) is 0 Å². The van der Waals surface area contributed by atoms with Crippen LogP contribution < -0.4 is 5.73 Å². The van der Waals surface area contributed by atoms with Crippen molar-refractivity contribution in [2.45, 2.75) is 28.2 Å². The van der Waals surface area contributed by atoms with Crippen molar-refractivity contribution in [2.75, 3.05) is 6.26 Å². The van der Waals surface area contributed by atoms with Gasteiger partial charge in [-0.05, 0) is 48.4 Å². The minimum atomic E-state index is -3.13. The maximum Gasteiger partial charge on any atom is 0.175 e. The van der Waals surface area contributed by atoms with Gasteiger partial charge in [0.15, 0.2) is 9.84 Å². The molecule has 0 aliphatic rings. The summed E-state index contributed by atoms with van der Waals surface area (Å²) in [5, 5.41) is 0. The molecule has 0 aliphatic carbocycles. The molecule has 0 amide bonds. The molecule has 3 nitrogen and oxygen atoms in total. The zero-order chi connectivity index (χ0) is 14.8. The van der Waals surface area contributed by atoms with Crippen LogP contribution in [0.2, 0.25) is 0 Å². The van der Waals surface area contributed by atoms with Crippen LogP contribution in [-0.4, -0.2) is 14.7 Å². The molecule has 0 heterocycles. The van der Waals surface area contributed by atoms with E-state index >= 15 is 0 Å². The molecule has 0 aliphatic heterocycles. The first-order valence-electron chi connectivity index (χ1n) is 6.18. The minimum Gasteiger partial charge on any atom is -0.326 e. The SMILES string of the molecule is Cc1cc(CN)ccc1Sc1ccc(S(C)(=O)=O)cc1. The van der Waals surface area contributed by atoms with E-state index in [1.54, 1.807) is 23.9 Å². The van der Waals surface area contributed by atoms with E-state index in [0.29, 0.717) is 11.4 Å². The Labute approximate surface area is 124 Å². The summed E-state index contributed by atoms with van der Waals surface area (Å²) in [5.74, 6) is 0. The van der Waals surface area contributed by atoms with Gasteiger partial charge >= 0.3 is 0 Å². The third-order valence-electron chi connectivity index (χ3n) is 2.95. The molecule has 0 atom stereocenters. The van der Waals surface area contributed by atoms with Gasteiger partial charge in [-0.1, -0.05) is 23.9 Å². The van der Waals surface area contributed by atoms with E-state index in [0.717, 1.165) is 15.4 Å². The normalized spacial score (nSPS) is 11.6. The van der Waals surface area contributed by atoms with Crippen LogP contribution in [0.5, 0.6) is 0 Å². The second-order valence-electron chi connectivity index (χ2n) is 4.65. The fourth-order valence-electron chi connectivity index (χ4n) is 1.83. The van der Waals surface area contributed by atoms with E-state index in [4.69, 9.17) is 5.73 Å². The molecule has 106 valence electrons. The molecular weight excluding hydrogens is 290 g/mol. The van der Waals surface area contributed by atoms with Crippen LogP contribution in [0.25, 0.3) is 0 Å². The monoisotopic (exact) mass is 307 g/mol. The lowest BCUT2D eigenvalue weighted by molar-refractivity contribution is 0.602. The van der Waals surface area contributed by atoms with E-state index in [1.165, 1.54) is 11.8 Å². The van der Waals surface area contributed by atoms with Crippen LogP contribution in [0, 0.1) is 6.92 Å². The molecule has 2 aromatic rings. The van der Waals surface area contributed by atoms with Crippen LogP contribution in [0.4, 0.5) is 0 Å². The maximum absolute atomic E-state index is 11.4. The number of benzene rings is 2. The van der Waals surface area contributed by atoms with Crippen LogP contribution in [0.15, 0.2) is 57.2 Å². The molecule has 2 N–H and O–H groups in total. The van der Waals surface area contributed by atoms with E-state index in [9.17, 15) is 8.42 Å². The van der Waals surface area contributed by atoms with Gasteiger partial charge in [0.05, 0.1) is 4.90 Å². The average molecular weight is 307 g/mol. The zero-order valence-corrected chi connectivity index (χ0v) is 13.1. The van der Waals surface area contributed by atoms with Crippen molar-refractivity contribution in [3.8, 4) is 0 Å². The Bertz CT molecular complexity index is 707. The molecule has 0 fully saturated rings. The number of hydrogen-bond donors (Lipinski definition) is 1. The smallest absolute Gasteiger partial charge is 0.175 e. The van der Waals surface area contributed by atoms with Gasteiger partial charge in [-0.25, -0.2) is 8.42 Å². The summed E-state index contributed by atoms with van der Waals surface area (Å²) in [6, 6.07) is 13.1. The molecule has 0 saturated carbocycles. The highest BCUT2D eigenvalue weighted by Gasteiger charge is 2.07. The molecule has 20 heavy (non-hydrogen) atoms. The van der Waals surface area contributed by atoms with Gasteiger partial charge in [0, 0.05) is 22.6 Å². The van der Waals surface area contributed by atoms with Crippen molar-refractivity contribution in [2.24, 2.45) is 5.73 Å². The van der Waals surface area contributed by atoms with Gasteiger partial charge < -0.3 is 5.73 Å². The molecule has 2 rings (SSSR count). The molecular formula is C15H17NO2S2. The van der Waals surface area contributed by atoms with Gasteiger partial charge in [0.25, 0.3) is 0 Å². The Morgan fingerprint density at radius 2 is 1.75 bits per heavy atom. The first-order chi connectivity index (χ1) is 9.40. The Hall–Kier alpha value is -1.30. The largest absolute Gasteiger partial charge is 0.326 e. The van der Waals surface area contributed by atoms with E-state index in [1.807, 2.05) is 31.2 Å². The Morgan fingerprint density at radius 3 is 2.25 bits per heavy atom. The lowest BCUT2D eigenvalue weighted by Gasteiger charge is -2.08. The summed E-state index contributed by atoms with van der Waals surface area (Å²) in [4.78, 5) is 2.51. The number of hydrogen-bond acceptors (Lipinski definition) is 4. The van der Waals surface area contributed by atoms with Gasteiger partial charge in [-0.3, -0.25) is 0 Å². The zero-order valence-electron chi connectivity index (χ0n) is 11.5. The molecule has 0 saturated heterocycles. The Kier molecular flexibility index (Phi) is 4.52. The number of aryl methyl sites for hydroxylation is 1. The first kappa shape index (κ1) is 15.1. The summed E-state index contributed by atoms with van der Waals surface area (Å²) in [5.41, 5.74) is 7.90. The number of rotatable bonds is 4. The lowest BCUT2D eigenvalue weighted by Crippen LogP contribution is -1.97.